The van der Waals surface area contributed by atoms with E-state index in [9.17, 15) is 18.0 Å². The summed E-state index contributed by atoms with van der Waals surface area (Å²) in [6.45, 7) is 0. The maximum atomic E-state index is 13.3. The van der Waals surface area contributed by atoms with E-state index in [1.807, 2.05) is 18.2 Å². The van der Waals surface area contributed by atoms with Gasteiger partial charge in [0.15, 0.2) is 11.9 Å². The molecule has 0 fully saturated rings. The normalized spacial score (nSPS) is 16.4. The van der Waals surface area contributed by atoms with Crippen LogP contribution in [0.4, 0.5) is 18.9 Å². The fourth-order valence-electron chi connectivity index (χ4n) is 3.59. The lowest BCUT2D eigenvalue weighted by atomic mass is 10.1. The molecule has 5 nitrogen and oxygen atoms in total. The predicted molar refractivity (Wildman–Crippen MR) is 93.3 cm³/mol. The number of alkyl halides is 3. The number of carbonyl (C=O) groups is 1. The first kappa shape index (κ1) is 17.4. The molecule has 140 valence electrons. The number of fused-ring (bicyclic) bond motifs is 2. The van der Waals surface area contributed by atoms with E-state index >= 15 is 0 Å². The third kappa shape index (κ3) is 3.01. The molecule has 0 saturated heterocycles. The van der Waals surface area contributed by atoms with Crippen LogP contribution in [0.3, 0.4) is 0 Å². The quantitative estimate of drug-likeness (QED) is 0.692. The van der Waals surface area contributed by atoms with E-state index < -0.39 is 11.7 Å². The van der Waals surface area contributed by atoms with E-state index in [4.69, 9.17) is 4.74 Å². The van der Waals surface area contributed by atoms with Crippen molar-refractivity contribution in [3.63, 3.8) is 0 Å². The minimum atomic E-state index is -4.51. The Labute approximate surface area is 152 Å². The fourth-order valence-corrected chi connectivity index (χ4v) is 3.59. The largest absolute Gasteiger partial charge is 0.496 e. The van der Waals surface area contributed by atoms with Gasteiger partial charge in [0.2, 0.25) is 0 Å². The standard InChI is InChI=1S/C19H16F3N3O2/c1-27-17-4-2-3-13-14(17)5-6-15(13)24-16-7-11(19(20,21)22)8-25-9-12(10-26)23-18(16)25/h2-4,7-10,15,24H,5-6H2,1H3/t15-/m1/s1. The Morgan fingerprint density at radius 1 is 1.33 bits per heavy atom. The SMILES string of the molecule is COc1cccc2c1CC[C@H]2Nc1cc(C(F)(F)F)cn2cc(C=O)nc12. The number of aromatic nitrogens is 2. The van der Waals surface area contributed by atoms with Crippen LogP contribution >= 0.6 is 0 Å². The van der Waals surface area contributed by atoms with Gasteiger partial charge in [-0.15, -0.1) is 0 Å². The molecule has 0 amide bonds. The van der Waals surface area contributed by atoms with Crippen LogP contribution in [0.5, 0.6) is 5.75 Å². The van der Waals surface area contributed by atoms with Crippen molar-refractivity contribution in [3.8, 4) is 5.75 Å². The van der Waals surface area contributed by atoms with E-state index in [-0.39, 0.29) is 23.1 Å². The number of hydrogen-bond acceptors (Lipinski definition) is 4. The number of halogens is 3. The molecule has 2 aromatic heterocycles. The second-order valence-corrected chi connectivity index (χ2v) is 6.42. The maximum absolute atomic E-state index is 13.3. The van der Waals surface area contributed by atoms with Crippen molar-refractivity contribution in [3.05, 3.63) is 59.0 Å². The maximum Gasteiger partial charge on any atom is 0.417 e. The number of rotatable bonds is 4. The Morgan fingerprint density at radius 3 is 2.85 bits per heavy atom. The minimum Gasteiger partial charge on any atom is -0.496 e. The molecule has 3 aromatic rings. The van der Waals surface area contributed by atoms with Crippen LogP contribution < -0.4 is 10.1 Å². The highest BCUT2D eigenvalue weighted by molar-refractivity contribution is 5.78. The number of pyridine rings is 1. The molecule has 0 radical (unpaired) electrons. The van der Waals surface area contributed by atoms with E-state index in [2.05, 4.69) is 10.3 Å². The zero-order valence-corrected chi connectivity index (χ0v) is 14.4. The number of nitrogens with zero attached hydrogens (tertiary/aromatic N) is 2. The molecule has 0 unspecified atom stereocenters. The molecule has 0 aliphatic heterocycles. The number of ether oxygens (including phenoxy) is 1. The van der Waals surface area contributed by atoms with Gasteiger partial charge >= 0.3 is 6.18 Å². The Bertz CT molecular complexity index is 1030. The van der Waals surface area contributed by atoms with E-state index in [1.165, 1.54) is 10.6 Å². The Kier molecular flexibility index (Phi) is 4.05. The Balaban J connectivity index is 1.79. The number of anilines is 1. The molecule has 8 heteroatoms. The first-order valence-corrected chi connectivity index (χ1v) is 8.38. The zero-order chi connectivity index (χ0) is 19.2. The summed E-state index contributed by atoms with van der Waals surface area (Å²) < 4.78 is 46.5. The molecule has 1 N–H and O–H groups in total. The summed E-state index contributed by atoms with van der Waals surface area (Å²) in [5.41, 5.74) is 1.83. The highest BCUT2D eigenvalue weighted by Crippen LogP contribution is 2.40. The van der Waals surface area contributed by atoms with Gasteiger partial charge in [0.1, 0.15) is 11.4 Å². The summed E-state index contributed by atoms with van der Waals surface area (Å²) in [5, 5.41) is 3.19. The lowest BCUT2D eigenvalue weighted by Gasteiger charge is -2.18. The highest BCUT2D eigenvalue weighted by atomic mass is 19.4. The molecule has 0 spiro atoms. The lowest BCUT2D eigenvalue weighted by Crippen LogP contribution is -2.12. The number of hydrogen-bond donors (Lipinski definition) is 1. The summed E-state index contributed by atoms with van der Waals surface area (Å²) in [4.78, 5) is 15.1. The zero-order valence-electron chi connectivity index (χ0n) is 14.4. The van der Waals surface area contributed by atoms with Gasteiger partial charge in [-0.25, -0.2) is 4.98 Å². The van der Waals surface area contributed by atoms with Crippen molar-refractivity contribution in [2.75, 3.05) is 12.4 Å². The minimum absolute atomic E-state index is 0.0749. The van der Waals surface area contributed by atoms with Gasteiger partial charge < -0.3 is 14.5 Å². The monoisotopic (exact) mass is 375 g/mol. The average Bonchev–Trinajstić information content (AvgIpc) is 3.24. The molecule has 1 aromatic carbocycles. The van der Waals surface area contributed by atoms with Crippen molar-refractivity contribution < 1.29 is 22.7 Å². The summed E-state index contributed by atoms with van der Waals surface area (Å²) in [5.74, 6) is 0.773. The summed E-state index contributed by atoms with van der Waals surface area (Å²) in [7, 11) is 1.60. The van der Waals surface area contributed by atoms with Crippen molar-refractivity contribution in [1.29, 1.82) is 0 Å². The topological polar surface area (TPSA) is 55.6 Å². The number of nitrogens with one attached hydrogen (secondary N) is 1. The highest BCUT2D eigenvalue weighted by Gasteiger charge is 2.33. The van der Waals surface area contributed by atoms with Gasteiger partial charge in [-0.3, -0.25) is 4.79 Å². The molecule has 2 heterocycles. The molecule has 1 aliphatic carbocycles. The summed E-state index contributed by atoms with van der Waals surface area (Å²) in [6.07, 6.45) is -0.285. The second-order valence-electron chi connectivity index (χ2n) is 6.42. The number of methoxy groups -OCH3 is 1. The van der Waals surface area contributed by atoms with Gasteiger partial charge in [0.25, 0.3) is 0 Å². The first-order valence-electron chi connectivity index (χ1n) is 8.38. The number of carbonyl (C=O) groups excluding carboxylic acids is 1. The number of imidazole rings is 1. The van der Waals surface area contributed by atoms with Crippen LogP contribution in [0, 0.1) is 0 Å². The van der Waals surface area contributed by atoms with Gasteiger partial charge in [-0.05, 0) is 36.1 Å². The van der Waals surface area contributed by atoms with Gasteiger partial charge in [0, 0.05) is 12.4 Å². The predicted octanol–water partition coefficient (Wildman–Crippen LogP) is 4.27. The van der Waals surface area contributed by atoms with Gasteiger partial charge in [0.05, 0.1) is 24.4 Å². The average molecular weight is 375 g/mol. The molecular formula is C19H16F3N3O2. The summed E-state index contributed by atoms with van der Waals surface area (Å²) in [6, 6.07) is 6.54. The first-order chi connectivity index (χ1) is 12.9. The number of aldehydes is 1. The third-order valence-corrected chi connectivity index (χ3v) is 4.80. The van der Waals surface area contributed by atoms with Gasteiger partial charge in [-0.1, -0.05) is 12.1 Å². The Hall–Kier alpha value is -3.03. The molecule has 0 bridgehead atoms. The van der Waals surface area contributed by atoms with E-state index in [0.29, 0.717) is 6.29 Å². The smallest absolute Gasteiger partial charge is 0.417 e. The second kappa shape index (κ2) is 6.29. The van der Waals surface area contributed by atoms with Crippen LogP contribution in [0.15, 0.2) is 36.7 Å². The van der Waals surface area contributed by atoms with E-state index in [0.717, 1.165) is 42.0 Å². The molecule has 1 atom stereocenters. The fraction of sp³-hybridized carbons (Fsp3) is 0.263. The molecule has 27 heavy (non-hydrogen) atoms. The van der Waals surface area contributed by atoms with E-state index in [1.54, 1.807) is 7.11 Å². The van der Waals surface area contributed by atoms with Crippen molar-refractivity contribution in [1.82, 2.24) is 9.38 Å². The molecular weight excluding hydrogens is 359 g/mol. The molecule has 1 aliphatic rings. The van der Waals surface area contributed by atoms with Gasteiger partial charge in [-0.2, -0.15) is 13.2 Å². The summed E-state index contributed by atoms with van der Waals surface area (Å²) >= 11 is 0. The van der Waals surface area contributed by atoms with Crippen molar-refractivity contribution >= 4 is 17.6 Å². The van der Waals surface area contributed by atoms with Crippen molar-refractivity contribution in [2.24, 2.45) is 0 Å². The Morgan fingerprint density at radius 2 is 2.15 bits per heavy atom. The molecule has 0 saturated carbocycles. The van der Waals surface area contributed by atoms with Crippen LogP contribution in [-0.4, -0.2) is 22.8 Å². The van der Waals surface area contributed by atoms with Crippen LogP contribution in [0.25, 0.3) is 5.65 Å². The van der Waals surface area contributed by atoms with Crippen LogP contribution in [-0.2, 0) is 12.6 Å². The van der Waals surface area contributed by atoms with Crippen LogP contribution in [0.2, 0.25) is 0 Å². The number of benzene rings is 1. The van der Waals surface area contributed by atoms with Crippen molar-refractivity contribution in [2.45, 2.75) is 25.1 Å². The molecule has 4 rings (SSSR count). The lowest BCUT2D eigenvalue weighted by molar-refractivity contribution is -0.137. The van der Waals surface area contributed by atoms with Crippen LogP contribution in [0.1, 0.15) is 39.6 Å². The third-order valence-electron chi connectivity index (χ3n) is 4.80.